The second-order valence-electron chi connectivity index (χ2n) is 4.20. The largest absolute Gasteiger partial charge is 0.481 e. The quantitative estimate of drug-likeness (QED) is 0.618. The molecule has 0 saturated carbocycles. The predicted octanol–water partition coefficient (Wildman–Crippen LogP) is 2.23. The molecule has 0 radical (unpaired) electrons. The Labute approximate surface area is 119 Å². The molecule has 1 unspecified atom stereocenters. The normalized spacial score (nSPS) is 11.7. The highest BCUT2D eigenvalue weighted by Gasteiger charge is 2.24. The maximum Gasteiger partial charge on any atom is 0.303 e. The fourth-order valence-corrected chi connectivity index (χ4v) is 1.85. The van der Waals surface area contributed by atoms with E-state index in [-0.39, 0.29) is 29.1 Å². The second kappa shape index (κ2) is 6.85. The number of amides is 1. The summed E-state index contributed by atoms with van der Waals surface area (Å²) in [4.78, 5) is 32.6. The molecule has 2 N–H and O–H groups in total. The zero-order valence-corrected chi connectivity index (χ0v) is 11.4. The molecule has 0 aliphatic rings. The van der Waals surface area contributed by atoms with Gasteiger partial charge in [-0.05, 0) is 19.4 Å². The van der Waals surface area contributed by atoms with Gasteiger partial charge >= 0.3 is 5.97 Å². The number of aliphatic carboxylic acids is 1. The molecule has 8 heteroatoms. The first-order valence-electron chi connectivity index (χ1n) is 5.78. The average Bonchev–Trinajstić information content (AvgIpc) is 2.35. The lowest BCUT2D eigenvalue weighted by atomic mass is 10.1. The van der Waals surface area contributed by atoms with Crippen LogP contribution >= 0.6 is 11.6 Å². The Hall–Kier alpha value is -2.15. The molecule has 0 heterocycles. The highest BCUT2D eigenvalue weighted by atomic mass is 35.5. The van der Waals surface area contributed by atoms with Gasteiger partial charge in [0.15, 0.2) is 0 Å². The fraction of sp³-hybridized carbons (Fsp3) is 0.333. The van der Waals surface area contributed by atoms with Gasteiger partial charge in [-0.15, -0.1) is 0 Å². The fourth-order valence-electron chi connectivity index (χ4n) is 1.60. The molecule has 0 fully saturated rings. The van der Waals surface area contributed by atoms with Crippen LogP contribution in [0.4, 0.5) is 5.69 Å². The van der Waals surface area contributed by atoms with Gasteiger partial charge in [-0.1, -0.05) is 17.7 Å². The second-order valence-corrected chi connectivity index (χ2v) is 4.61. The maximum absolute atomic E-state index is 12.0. The van der Waals surface area contributed by atoms with E-state index >= 15 is 0 Å². The van der Waals surface area contributed by atoms with E-state index < -0.39 is 22.8 Å². The van der Waals surface area contributed by atoms with Crippen molar-refractivity contribution in [1.82, 2.24) is 5.32 Å². The van der Waals surface area contributed by atoms with Crippen molar-refractivity contribution in [3.05, 3.63) is 38.9 Å². The lowest BCUT2D eigenvalue weighted by molar-refractivity contribution is -0.385. The molecular formula is C12H13ClN2O5. The highest BCUT2D eigenvalue weighted by Crippen LogP contribution is 2.26. The van der Waals surface area contributed by atoms with E-state index in [1.807, 2.05) is 0 Å². The number of nitrogens with one attached hydrogen (secondary N) is 1. The van der Waals surface area contributed by atoms with Gasteiger partial charge in [0.25, 0.3) is 11.6 Å². The van der Waals surface area contributed by atoms with Crippen molar-refractivity contribution in [2.45, 2.75) is 25.8 Å². The van der Waals surface area contributed by atoms with Crippen LogP contribution in [0.3, 0.4) is 0 Å². The molecule has 0 aromatic heterocycles. The first kappa shape index (κ1) is 15.9. The molecule has 0 bridgehead atoms. The van der Waals surface area contributed by atoms with Crippen molar-refractivity contribution < 1.29 is 19.6 Å². The van der Waals surface area contributed by atoms with E-state index in [0.717, 1.165) is 0 Å². The molecule has 7 nitrogen and oxygen atoms in total. The minimum atomic E-state index is -0.977. The number of halogens is 1. The van der Waals surface area contributed by atoms with Crippen LogP contribution in [0.1, 0.15) is 30.1 Å². The highest BCUT2D eigenvalue weighted by molar-refractivity contribution is 6.34. The van der Waals surface area contributed by atoms with Crippen molar-refractivity contribution in [3.63, 3.8) is 0 Å². The Balaban J connectivity index is 2.87. The van der Waals surface area contributed by atoms with E-state index in [0.29, 0.717) is 0 Å². The van der Waals surface area contributed by atoms with E-state index in [2.05, 4.69) is 5.32 Å². The van der Waals surface area contributed by atoms with E-state index in [4.69, 9.17) is 16.7 Å². The number of carboxylic acids is 1. The van der Waals surface area contributed by atoms with Crippen LogP contribution in [0, 0.1) is 10.1 Å². The molecule has 1 amide bonds. The number of carboxylic acid groups (broad SMARTS) is 1. The standard InChI is InChI=1S/C12H13ClN2O5/c1-7(5-6-10(16)17)14-12(18)11-8(13)3-2-4-9(11)15(19)20/h2-4,7H,5-6H2,1H3,(H,14,18)(H,16,17). The van der Waals surface area contributed by atoms with Gasteiger partial charge in [-0.3, -0.25) is 19.7 Å². The van der Waals surface area contributed by atoms with E-state index in [1.54, 1.807) is 6.92 Å². The number of benzene rings is 1. The molecule has 1 aromatic carbocycles. The molecule has 1 atom stereocenters. The molecule has 0 aliphatic carbocycles. The summed E-state index contributed by atoms with van der Waals surface area (Å²) in [5.74, 6) is -1.67. The van der Waals surface area contributed by atoms with Crippen molar-refractivity contribution in [3.8, 4) is 0 Å². The number of nitro benzene ring substituents is 1. The molecule has 108 valence electrons. The zero-order chi connectivity index (χ0) is 15.3. The van der Waals surface area contributed by atoms with Crippen LogP contribution in [0.2, 0.25) is 5.02 Å². The number of rotatable bonds is 6. The SMILES string of the molecule is CC(CCC(=O)O)NC(=O)c1c(Cl)cccc1[N+](=O)[O-]. The van der Waals surface area contributed by atoms with Crippen LogP contribution in [0.5, 0.6) is 0 Å². The Morgan fingerprint density at radius 3 is 2.70 bits per heavy atom. The third kappa shape index (κ3) is 4.20. The summed E-state index contributed by atoms with van der Waals surface area (Å²) in [7, 11) is 0. The Morgan fingerprint density at radius 2 is 2.15 bits per heavy atom. The summed E-state index contributed by atoms with van der Waals surface area (Å²) in [5.41, 5.74) is -0.609. The van der Waals surface area contributed by atoms with Gasteiger partial charge in [-0.25, -0.2) is 0 Å². The van der Waals surface area contributed by atoms with Gasteiger partial charge in [0, 0.05) is 18.5 Å². The lowest BCUT2D eigenvalue weighted by Crippen LogP contribution is -2.33. The number of hydrogen-bond acceptors (Lipinski definition) is 4. The molecule has 0 spiro atoms. The van der Waals surface area contributed by atoms with Gasteiger partial charge in [0.1, 0.15) is 5.56 Å². The Kier molecular flexibility index (Phi) is 5.45. The van der Waals surface area contributed by atoms with Crippen molar-refractivity contribution >= 4 is 29.2 Å². The molecule has 0 saturated heterocycles. The first-order chi connectivity index (χ1) is 9.32. The maximum atomic E-state index is 12.0. The molecule has 20 heavy (non-hydrogen) atoms. The molecule has 1 aromatic rings. The van der Waals surface area contributed by atoms with Crippen LogP contribution in [0.15, 0.2) is 18.2 Å². The average molecular weight is 301 g/mol. The number of nitrogens with zero attached hydrogens (tertiary/aromatic N) is 1. The van der Waals surface area contributed by atoms with Gasteiger partial charge in [0.2, 0.25) is 0 Å². The summed E-state index contributed by atoms with van der Waals surface area (Å²) in [5, 5.41) is 21.9. The third-order valence-electron chi connectivity index (χ3n) is 2.58. The molecular weight excluding hydrogens is 288 g/mol. The van der Waals surface area contributed by atoms with Gasteiger partial charge < -0.3 is 10.4 Å². The summed E-state index contributed by atoms with van der Waals surface area (Å²) >= 11 is 5.82. The Morgan fingerprint density at radius 1 is 1.50 bits per heavy atom. The van der Waals surface area contributed by atoms with E-state index in [1.165, 1.54) is 18.2 Å². The van der Waals surface area contributed by atoms with E-state index in [9.17, 15) is 19.7 Å². The number of carbonyl (C=O) groups is 2. The molecule has 0 aliphatic heterocycles. The van der Waals surface area contributed by atoms with Crippen molar-refractivity contribution in [2.75, 3.05) is 0 Å². The van der Waals surface area contributed by atoms with Crippen LogP contribution < -0.4 is 5.32 Å². The minimum Gasteiger partial charge on any atom is -0.481 e. The van der Waals surface area contributed by atoms with Crippen molar-refractivity contribution in [1.29, 1.82) is 0 Å². The third-order valence-corrected chi connectivity index (χ3v) is 2.90. The summed E-state index contributed by atoms with van der Waals surface area (Å²) in [6.07, 6.45) is 0.116. The first-order valence-corrected chi connectivity index (χ1v) is 6.16. The number of hydrogen-bond donors (Lipinski definition) is 2. The van der Waals surface area contributed by atoms with Crippen LogP contribution in [-0.4, -0.2) is 27.9 Å². The van der Waals surface area contributed by atoms with Crippen LogP contribution in [0.25, 0.3) is 0 Å². The van der Waals surface area contributed by atoms with Gasteiger partial charge in [-0.2, -0.15) is 0 Å². The van der Waals surface area contributed by atoms with Crippen molar-refractivity contribution in [2.24, 2.45) is 0 Å². The minimum absolute atomic E-state index is 0.0258. The Bertz CT molecular complexity index is 547. The molecule has 1 rings (SSSR count). The summed E-state index contributed by atoms with van der Waals surface area (Å²) < 4.78 is 0. The predicted molar refractivity (Wildman–Crippen MR) is 71.9 cm³/mol. The number of nitro groups is 1. The lowest BCUT2D eigenvalue weighted by Gasteiger charge is -2.13. The zero-order valence-electron chi connectivity index (χ0n) is 10.6. The topological polar surface area (TPSA) is 110 Å². The smallest absolute Gasteiger partial charge is 0.303 e. The van der Waals surface area contributed by atoms with Gasteiger partial charge in [0.05, 0.1) is 9.95 Å². The van der Waals surface area contributed by atoms with Crippen LogP contribution in [-0.2, 0) is 4.79 Å². The number of carbonyl (C=O) groups excluding carboxylic acids is 1. The summed E-state index contributed by atoms with van der Waals surface area (Å²) in [6.45, 7) is 1.61. The monoisotopic (exact) mass is 300 g/mol. The summed E-state index contributed by atoms with van der Waals surface area (Å²) in [6, 6.07) is 3.51.